The van der Waals surface area contributed by atoms with Gasteiger partial charge in [-0.05, 0) is 0 Å². The van der Waals surface area contributed by atoms with E-state index in [1.54, 1.807) is 0 Å². The number of halogens is 2. The zero-order chi connectivity index (χ0) is 2.00. The van der Waals surface area contributed by atoms with Gasteiger partial charge in [0.05, 0.1) is 0 Å². The molecule has 0 aliphatic carbocycles. The molecule has 0 rings (SSSR count). The Morgan fingerprint density at radius 2 is 1.25 bits per heavy atom. The second-order valence-corrected chi connectivity index (χ2v) is 0. The molecule has 3 heteroatoms. The van der Waals surface area contributed by atoms with Gasteiger partial charge in [-0.2, -0.15) is 0 Å². The van der Waals surface area contributed by atoms with Crippen molar-refractivity contribution in [3.63, 3.8) is 0 Å². The Labute approximate surface area is 70.0 Å². The topological polar surface area (TPSA) is 0 Å². The van der Waals surface area contributed by atoms with Crippen LogP contribution in [0.2, 0.25) is 0 Å². The molecule has 4 heavy (non-hydrogen) atoms. The van der Waals surface area contributed by atoms with Crippen LogP contribution in [0.3, 0.4) is 0 Å². The SMILES string of the molecule is [CH2-]I.[I-].[Zn+2]. The monoisotopic (exact) mass is 332 g/mol. The van der Waals surface area contributed by atoms with E-state index in [0.29, 0.717) is 0 Å². The van der Waals surface area contributed by atoms with E-state index in [1.807, 2.05) is 22.6 Å². The van der Waals surface area contributed by atoms with Gasteiger partial charge in [0.15, 0.2) is 0 Å². The van der Waals surface area contributed by atoms with Crippen molar-refractivity contribution in [2.75, 3.05) is 0 Å². The van der Waals surface area contributed by atoms with E-state index < -0.39 is 0 Å². The van der Waals surface area contributed by atoms with Gasteiger partial charge in [0.1, 0.15) is 0 Å². The van der Waals surface area contributed by atoms with E-state index in [1.165, 1.54) is 0 Å². The predicted molar refractivity (Wildman–Crippen MR) is 19.4 cm³/mol. The van der Waals surface area contributed by atoms with Gasteiger partial charge in [0.2, 0.25) is 0 Å². The summed E-state index contributed by atoms with van der Waals surface area (Å²) in [7, 11) is 0. The fourth-order valence-electron chi connectivity index (χ4n) is 0. The summed E-state index contributed by atoms with van der Waals surface area (Å²) in [6, 6.07) is 0. The molecule has 0 aliphatic heterocycles. The maximum Gasteiger partial charge on any atom is 2.00 e. The Morgan fingerprint density at radius 1 is 1.25 bits per heavy atom. The van der Waals surface area contributed by atoms with Crippen molar-refractivity contribution in [2.24, 2.45) is 0 Å². The number of rotatable bonds is 0. The third-order valence-electron chi connectivity index (χ3n) is 0. The summed E-state index contributed by atoms with van der Waals surface area (Å²) >= 11 is 1.90. The van der Waals surface area contributed by atoms with Crippen LogP contribution < -0.4 is 24.0 Å². The molecule has 0 radical (unpaired) electrons. The zero-order valence-corrected chi connectivity index (χ0v) is 9.45. The third-order valence-corrected chi connectivity index (χ3v) is 0. The van der Waals surface area contributed by atoms with Crippen LogP contribution in [0.1, 0.15) is 0 Å². The summed E-state index contributed by atoms with van der Waals surface area (Å²) in [6.07, 6.45) is 0. The fourth-order valence-corrected chi connectivity index (χ4v) is 0. The maximum absolute atomic E-state index is 3.22. The zero-order valence-electron chi connectivity index (χ0n) is 2.17. The fraction of sp³-hybridized carbons (Fsp3) is 0. The summed E-state index contributed by atoms with van der Waals surface area (Å²) in [5, 5.41) is 0. The van der Waals surface area contributed by atoms with Gasteiger partial charge in [-0.3, -0.25) is 4.93 Å². The predicted octanol–water partition coefficient (Wildman–Crippen LogP) is -1.79. The summed E-state index contributed by atoms with van der Waals surface area (Å²) < 4.78 is 0. The molecule has 0 N–H and O–H groups in total. The molecule has 22 valence electrons. The van der Waals surface area contributed by atoms with E-state index in [9.17, 15) is 0 Å². The van der Waals surface area contributed by atoms with Crippen LogP contribution in [-0.2, 0) is 19.5 Å². The maximum atomic E-state index is 3.22. The Hall–Kier alpha value is 2.08. The molecule has 0 nitrogen and oxygen atoms in total. The molecular formula is CH2I2Zn. The van der Waals surface area contributed by atoms with Crippen molar-refractivity contribution < 1.29 is 43.5 Å². The molecular weight excluding hydrogens is 331 g/mol. The molecule has 0 heterocycles. The number of hydrogen-bond donors (Lipinski definition) is 0. The van der Waals surface area contributed by atoms with Gasteiger partial charge in [-0.15, -0.1) is 0 Å². The van der Waals surface area contributed by atoms with Gasteiger partial charge in [-0.1, -0.05) is 0 Å². The quantitative estimate of drug-likeness (QED) is 0.279. The average molecular weight is 333 g/mol. The molecule has 0 unspecified atom stereocenters. The molecule has 0 saturated carbocycles. The Bertz CT molecular complexity index is 6.00. The van der Waals surface area contributed by atoms with Crippen molar-refractivity contribution >= 4 is 22.6 Å². The van der Waals surface area contributed by atoms with Gasteiger partial charge < -0.3 is 46.6 Å². The molecule has 0 spiro atoms. The van der Waals surface area contributed by atoms with Crippen molar-refractivity contribution in [2.45, 2.75) is 0 Å². The average Bonchev–Trinajstić information content (AvgIpc) is 1.00. The first-order chi connectivity index (χ1) is 1.00. The Morgan fingerprint density at radius 3 is 1.25 bits per heavy atom. The van der Waals surface area contributed by atoms with Gasteiger partial charge in [-0.25, -0.2) is 0 Å². The molecule has 0 aromatic heterocycles. The van der Waals surface area contributed by atoms with Crippen LogP contribution >= 0.6 is 22.6 Å². The van der Waals surface area contributed by atoms with Crippen LogP contribution in [-0.4, -0.2) is 0 Å². The first-order valence-corrected chi connectivity index (χ1v) is 1.79. The van der Waals surface area contributed by atoms with Crippen molar-refractivity contribution in [1.29, 1.82) is 0 Å². The van der Waals surface area contributed by atoms with Crippen LogP contribution in [0.5, 0.6) is 0 Å². The largest absolute Gasteiger partial charge is 2.00 e. The third kappa shape index (κ3) is 8.94. The minimum Gasteiger partial charge on any atom is -1.00 e. The normalized spacial score (nSPS) is 1.50. The van der Waals surface area contributed by atoms with E-state index in [2.05, 4.69) is 4.93 Å². The van der Waals surface area contributed by atoms with Crippen LogP contribution in [0.15, 0.2) is 0 Å². The van der Waals surface area contributed by atoms with Gasteiger partial charge in [0, 0.05) is 0 Å². The van der Waals surface area contributed by atoms with Crippen molar-refractivity contribution in [3.8, 4) is 0 Å². The minimum absolute atomic E-state index is 0. The molecule has 0 aromatic rings. The molecule has 0 bridgehead atoms. The summed E-state index contributed by atoms with van der Waals surface area (Å²) in [5.74, 6) is 0. The van der Waals surface area contributed by atoms with E-state index in [-0.39, 0.29) is 43.5 Å². The molecule has 0 amide bonds. The Balaban J connectivity index is -0.00000000500. The molecule has 0 saturated heterocycles. The van der Waals surface area contributed by atoms with E-state index in [4.69, 9.17) is 0 Å². The minimum atomic E-state index is 0. The van der Waals surface area contributed by atoms with Gasteiger partial charge >= 0.3 is 19.5 Å². The van der Waals surface area contributed by atoms with Gasteiger partial charge in [0.25, 0.3) is 0 Å². The second kappa shape index (κ2) is 19.5. The molecule has 0 atom stereocenters. The first kappa shape index (κ1) is 16.5. The standard InChI is InChI=1S/CH2I.HI.Zn/c1-2;;/h1H2;1H;/q-1;;+2/p-1. The first-order valence-electron chi connectivity index (χ1n) is 0.267. The van der Waals surface area contributed by atoms with E-state index >= 15 is 0 Å². The van der Waals surface area contributed by atoms with Crippen LogP contribution in [0.25, 0.3) is 0 Å². The van der Waals surface area contributed by atoms with E-state index in [0.717, 1.165) is 0 Å². The van der Waals surface area contributed by atoms with Crippen LogP contribution in [0, 0.1) is 4.93 Å². The molecule has 0 aromatic carbocycles. The number of hydrogen-bond acceptors (Lipinski definition) is 0. The summed E-state index contributed by atoms with van der Waals surface area (Å²) in [4.78, 5) is 3.22. The molecule has 0 aliphatic rings. The smallest absolute Gasteiger partial charge is 1.00 e. The second-order valence-electron chi connectivity index (χ2n) is 0. The van der Waals surface area contributed by atoms with Crippen LogP contribution in [0.4, 0.5) is 0 Å². The summed E-state index contributed by atoms with van der Waals surface area (Å²) in [5.41, 5.74) is 0. The molecule has 0 fully saturated rings. The Kier molecular flexibility index (Phi) is 80.7. The van der Waals surface area contributed by atoms with Crippen molar-refractivity contribution in [3.05, 3.63) is 4.93 Å². The van der Waals surface area contributed by atoms with Crippen molar-refractivity contribution in [1.82, 2.24) is 0 Å². The summed E-state index contributed by atoms with van der Waals surface area (Å²) in [6.45, 7) is 0.